The number of halogens is 1. The van der Waals surface area contributed by atoms with Crippen LogP contribution in [0, 0.1) is 11.3 Å². The molecular weight excluding hydrogens is 270 g/mol. The normalized spacial score (nSPS) is 13.4. The largest absolute Gasteiger partial charge is 0.479 e. The van der Waals surface area contributed by atoms with Crippen molar-refractivity contribution in [1.29, 1.82) is 5.26 Å². The van der Waals surface area contributed by atoms with Crippen LogP contribution in [0.4, 0.5) is 0 Å². The number of benzene rings is 1. The number of hydrogen-bond donors (Lipinski definition) is 2. The van der Waals surface area contributed by atoms with Gasteiger partial charge in [-0.1, -0.05) is 18.2 Å². The molecule has 0 fully saturated rings. The van der Waals surface area contributed by atoms with Gasteiger partial charge in [-0.15, -0.1) is 11.6 Å². The van der Waals surface area contributed by atoms with Crippen LogP contribution in [-0.2, 0) is 16.0 Å². The Kier molecular flexibility index (Phi) is 5.04. The minimum absolute atomic E-state index is 0.0201. The molecule has 0 saturated heterocycles. The van der Waals surface area contributed by atoms with Gasteiger partial charge in [-0.05, 0) is 18.1 Å². The zero-order valence-electron chi connectivity index (χ0n) is 10.1. The number of alkyl halides is 1. The number of Topliss-reactive ketones (excluding diaryl/α,β-unsaturated/α-hetero) is 1. The highest BCUT2D eigenvalue weighted by atomic mass is 35.5. The van der Waals surface area contributed by atoms with Crippen molar-refractivity contribution in [3.63, 3.8) is 0 Å². The maximum atomic E-state index is 11.3. The van der Waals surface area contributed by atoms with Crippen LogP contribution in [0.2, 0.25) is 0 Å². The summed E-state index contributed by atoms with van der Waals surface area (Å²) in [7, 11) is 0. The summed E-state index contributed by atoms with van der Waals surface area (Å²) < 4.78 is 0. The number of nitrogens with zero attached hydrogens (tertiary/aromatic N) is 1. The third-order valence-corrected chi connectivity index (χ3v) is 3.18. The van der Waals surface area contributed by atoms with E-state index in [1.807, 2.05) is 6.07 Å². The number of aliphatic carboxylic acids is 1. The number of carbonyl (C=O) groups is 2. The average molecular weight is 282 g/mol. The Morgan fingerprint density at radius 2 is 2.11 bits per heavy atom. The molecule has 0 aliphatic heterocycles. The number of ketones is 1. The highest BCUT2D eigenvalue weighted by Gasteiger charge is 2.27. The summed E-state index contributed by atoms with van der Waals surface area (Å²) in [4.78, 5) is 22.3. The van der Waals surface area contributed by atoms with Crippen molar-refractivity contribution in [2.24, 2.45) is 0 Å². The number of rotatable bonds is 5. The molecule has 0 bridgehead atoms. The number of carbonyl (C=O) groups excluding carboxylic acids is 1. The standard InChI is InChI=1S/C13H12ClNO4/c1-7(16)11(14)9-4-2-3-8(5-6-15)10(9)12(17)13(18)19/h2-4,11-12,17H,5H2,1H3,(H,18,19). The molecular formula is C13H12ClNO4. The van der Waals surface area contributed by atoms with Crippen molar-refractivity contribution in [2.75, 3.05) is 0 Å². The molecule has 100 valence electrons. The Hall–Kier alpha value is -1.90. The van der Waals surface area contributed by atoms with Gasteiger partial charge < -0.3 is 10.2 Å². The Balaban J connectivity index is 3.46. The number of carboxylic acids is 1. The SMILES string of the molecule is CC(=O)C(Cl)c1cccc(CC#N)c1C(O)C(=O)O. The lowest BCUT2D eigenvalue weighted by Crippen LogP contribution is -2.17. The molecule has 0 heterocycles. The van der Waals surface area contributed by atoms with E-state index in [1.54, 1.807) is 6.07 Å². The highest BCUT2D eigenvalue weighted by Crippen LogP contribution is 2.32. The van der Waals surface area contributed by atoms with Gasteiger partial charge in [0.25, 0.3) is 0 Å². The van der Waals surface area contributed by atoms with Gasteiger partial charge in [0.2, 0.25) is 0 Å². The van der Waals surface area contributed by atoms with Crippen molar-refractivity contribution in [3.8, 4) is 6.07 Å². The molecule has 2 atom stereocenters. The fourth-order valence-corrected chi connectivity index (χ4v) is 1.96. The summed E-state index contributed by atoms with van der Waals surface area (Å²) >= 11 is 5.93. The van der Waals surface area contributed by atoms with E-state index in [0.717, 1.165) is 0 Å². The molecule has 5 nitrogen and oxygen atoms in total. The number of hydrogen-bond acceptors (Lipinski definition) is 4. The number of carboxylic acid groups (broad SMARTS) is 1. The lowest BCUT2D eigenvalue weighted by Gasteiger charge is -2.18. The quantitative estimate of drug-likeness (QED) is 0.801. The van der Waals surface area contributed by atoms with Crippen molar-refractivity contribution in [2.45, 2.75) is 24.8 Å². The second-order valence-corrected chi connectivity index (χ2v) is 4.41. The van der Waals surface area contributed by atoms with Crippen molar-refractivity contribution >= 4 is 23.4 Å². The molecule has 0 aromatic heterocycles. The molecule has 1 aromatic rings. The van der Waals surface area contributed by atoms with Crippen molar-refractivity contribution < 1.29 is 19.8 Å². The molecule has 1 aromatic carbocycles. The predicted octanol–water partition coefficient (Wildman–Crippen LogP) is 1.74. The van der Waals surface area contributed by atoms with Crippen LogP contribution in [0.25, 0.3) is 0 Å². The first-order valence-electron chi connectivity index (χ1n) is 5.44. The van der Waals surface area contributed by atoms with Crippen LogP contribution in [-0.4, -0.2) is 22.0 Å². The summed E-state index contributed by atoms with van der Waals surface area (Å²) in [5.74, 6) is -1.83. The van der Waals surface area contributed by atoms with Gasteiger partial charge in [0.05, 0.1) is 12.5 Å². The number of aliphatic hydroxyl groups excluding tert-OH is 1. The Bertz CT molecular complexity index is 550. The van der Waals surface area contributed by atoms with Crippen LogP contribution in [0.1, 0.15) is 35.1 Å². The lowest BCUT2D eigenvalue weighted by molar-refractivity contribution is -0.147. The van der Waals surface area contributed by atoms with Gasteiger partial charge in [-0.3, -0.25) is 4.79 Å². The second kappa shape index (κ2) is 6.32. The molecule has 0 aliphatic rings. The molecule has 0 radical (unpaired) electrons. The van der Waals surface area contributed by atoms with E-state index in [9.17, 15) is 14.7 Å². The minimum atomic E-state index is -1.82. The first-order chi connectivity index (χ1) is 8.90. The van der Waals surface area contributed by atoms with E-state index in [-0.39, 0.29) is 23.3 Å². The summed E-state index contributed by atoms with van der Waals surface area (Å²) in [6, 6.07) is 6.45. The van der Waals surface area contributed by atoms with Gasteiger partial charge in [-0.2, -0.15) is 5.26 Å². The van der Waals surface area contributed by atoms with Crippen LogP contribution in [0.3, 0.4) is 0 Å². The first-order valence-corrected chi connectivity index (χ1v) is 5.87. The van der Waals surface area contributed by atoms with E-state index in [4.69, 9.17) is 22.0 Å². The van der Waals surface area contributed by atoms with E-state index < -0.39 is 17.5 Å². The first kappa shape index (κ1) is 15.2. The monoisotopic (exact) mass is 281 g/mol. The third kappa shape index (κ3) is 3.31. The van der Waals surface area contributed by atoms with Crippen LogP contribution in [0.5, 0.6) is 0 Å². The lowest BCUT2D eigenvalue weighted by atomic mass is 9.92. The topological polar surface area (TPSA) is 98.4 Å². The maximum Gasteiger partial charge on any atom is 0.337 e. The summed E-state index contributed by atoms with van der Waals surface area (Å²) in [5.41, 5.74) is 0.588. The Labute approximate surface area is 115 Å². The van der Waals surface area contributed by atoms with Crippen molar-refractivity contribution in [3.05, 3.63) is 34.9 Å². The van der Waals surface area contributed by atoms with Gasteiger partial charge in [0, 0.05) is 5.56 Å². The Morgan fingerprint density at radius 3 is 2.58 bits per heavy atom. The van der Waals surface area contributed by atoms with Gasteiger partial charge >= 0.3 is 5.97 Å². The molecule has 19 heavy (non-hydrogen) atoms. The summed E-state index contributed by atoms with van der Waals surface area (Å²) in [6.07, 6.45) is -1.89. The molecule has 1 rings (SSSR count). The van der Waals surface area contributed by atoms with E-state index in [0.29, 0.717) is 5.56 Å². The molecule has 6 heteroatoms. The van der Waals surface area contributed by atoms with Crippen LogP contribution in [0.15, 0.2) is 18.2 Å². The van der Waals surface area contributed by atoms with Gasteiger partial charge in [-0.25, -0.2) is 4.79 Å². The number of nitriles is 1. The molecule has 0 aliphatic carbocycles. The minimum Gasteiger partial charge on any atom is -0.479 e. The van der Waals surface area contributed by atoms with Gasteiger partial charge in [0.1, 0.15) is 5.38 Å². The zero-order valence-corrected chi connectivity index (χ0v) is 10.9. The average Bonchev–Trinajstić information content (AvgIpc) is 2.37. The highest BCUT2D eigenvalue weighted by molar-refractivity contribution is 6.31. The maximum absolute atomic E-state index is 11.3. The summed E-state index contributed by atoms with van der Waals surface area (Å²) in [6.45, 7) is 1.27. The smallest absolute Gasteiger partial charge is 0.337 e. The van der Waals surface area contributed by atoms with Gasteiger partial charge in [0.15, 0.2) is 11.9 Å². The second-order valence-electron chi connectivity index (χ2n) is 3.97. The predicted molar refractivity (Wildman–Crippen MR) is 67.6 cm³/mol. The van der Waals surface area contributed by atoms with E-state index in [2.05, 4.69) is 0 Å². The molecule has 0 saturated carbocycles. The van der Waals surface area contributed by atoms with Crippen molar-refractivity contribution in [1.82, 2.24) is 0 Å². The fraction of sp³-hybridized carbons (Fsp3) is 0.308. The number of aliphatic hydroxyl groups is 1. The van der Waals surface area contributed by atoms with Crippen LogP contribution >= 0.6 is 11.6 Å². The summed E-state index contributed by atoms with van der Waals surface area (Å²) in [5, 5.41) is 26.3. The zero-order chi connectivity index (χ0) is 14.6. The third-order valence-electron chi connectivity index (χ3n) is 2.64. The molecule has 2 unspecified atom stereocenters. The fourth-order valence-electron chi connectivity index (χ4n) is 1.77. The Morgan fingerprint density at radius 1 is 1.47 bits per heavy atom. The van der Waals surface area contributed by atoms with E-state index >= 15 is 0 Å². The van der Waals surface area contributed by atoms with Crippen LogP contribution < -0.4 is 0 Å². The molecule has 0 spiro atoms. The molecule has 0 amide bonds. The molecule has 2 N–H and O–H groups in total. The van der Waals surface area contributed by atoms with E-state index in [1.165, 1.54) is 19.1 Å².